The fourth-order valence-electron chi connectivity index (χ4n) is 1.30. The van der Waals surface area contributed by atoms with E-state index >= 15 is 0 Å². The molecule has 1 aliphatic carbocycles. The molecule has 0 unspecified atom stereocenters. The number of sulfonamides is 1. The number of anilines is 2. The van der Waals surface area contributed by atoms with Gasteiger partial charge in [0.25, 0.3) is 0 Å². The van der Waals surface area contributed by atoms with Crippen LogP contribution in [-0.4, -0.2) is 13.7 Å². The second-order valence-corrected chi connectivity index (χ2v) is 5.58. The third-order valence-corrected chi connectivity index (χ3v) is 4.01. The molecule has 1 fully saturated rings. The van der Waals surface area contributed by atoms with E-state index in [0.717, 1.165) is 12.1 Å². The lowest BCUT2D eigenvalue weighted by Crippen LogP contribution is -2.17. The molecule has 0 amide bonds. The van der Waals surface area contributed by atoms with Gasteiger partial charge in [0.05, 0.1) is 10.9 Å². The molecule has 0 aromatic heterocycles. The van der Waals surface area contributed by atoms with Gasteiger partial charge in [-0.3, -0.25) is 4.72 Å². The van der Waals surface area contributed by atoms with Crippen molar-refractivity contribution in [3.05, 3.63) is 24.0 Å². The predicted octanol–water partition coefficient (Wildman–Crippen LogP) is 1.31. The van der Waals surface area contributed by atoms with E-state index in [-0.39, 0.29) is 16.6 Å². The number of rotatable bonds is 3. The third-order valence-electron chi connectivity index (χ3n) is 2.14. The Bertz CT molecular complexity index is 463. The lowest BCUT2D eigenvalue weighted by molar-refractivity contribution is 0.600. The maximum atomic E-state index is 12.9. The van der Waals surface area contributed by atoms with Gasteiger partial charge >= 0.3 is 0 Å². The largest absolute Gasteiger partial charge is 0.399 e. The lowest BCUT2D eigenvalue weighted by Gasteiger charge is -2.07. The molecular weight excluding hydrogens is 219 g/mol. The second-order valence-electron chi connectivity index (χ2n) is 3.62. The Morgan fingerprint density at radius 2 is 2.00 bits per heavy atom. The van der Waals surface area contributed by atoms with Crippen LogP contribution in [0, 0.1) is 5.82 Å². The number of hydrogen-bond acceptors (Lipinski definition) is 3. The molecule has 1 aromatic carbocycles. The predicted molar refractivity (Wildman–Crippen MR) is 56.4 cm³/mol. The standard InChI is InChI=1S/C9H11FN2O2S/c10-6-3-7(11)5-8(4-6)12-15(13,14)9-1-2-9/h3-5,9,12H,1-2,11H2. The highest BCUT2D eigenvalue weighted by atomic mass is 32.2. The molecule has 4 nitrogen and oxygen atoms in total. The van der Waals surface area contributed by atoms with Gasteiger partial charge in [0.2, 0.25) is 10.0 Å². The molecular formula is C9H11FN2O2S. The van der Waals surface area contributed by atoms with E-state index in [1.807, 2.05) is 0 Å². The molecule has 0 radical (unpaired) electrons. The molecule has 1 saturated carbocycles. The zero-order valence-corrected chi connectivity index (χ0v) is 8.72. The summed E-state index contributed by atoms with van der Waals surface area (Å²) in [6, 6.07) is 3.63. The SMILES string of the molecule is Nc1cc(F)cc(NS(=O)(=O)C2CC2)c1. The van der Waals surface area contributed by atoms with Crippen LogP contribution in [0.5, 0.6) is 0 Å². The van der Waals surface area contributed by atoms with E-state index in [1.165, 1.54) is 6.07 Å². The number of nitrogens with one attached hydrogen (secondary N) is 1. The zero-order chi connectivity index (χ0) is 11.1. The summed E-state index contributed by atoms with van der Waals surface area (Å²) < 4.78 is 38.2. The van der Waals surface area contributed by atoms with Crippen LogP contribution in [0.25, 0.3) is 0 Å². The van der Waals surface area contributed by atoms with E-state index in [1.54, 1.807) is 0 Å². The minimum absolute atomic E-state index is 0.180. The van der Waals surface area contributed by atoms with Crippen LogP contribution >= 0.6 is 0 Å². The highest BCUT2D eigenvalue weighted by Gasteiger charge is 2.35. The molecule has 0 bridgehead atoms. The zero-order valence-electron chi connectivity index (χ0n) is 7.90. The summed E-state index contributed by atoms with van der Waals surface area (Å²) >= 11 is 0. The Morgan fingerprint density at radius 1 is 1.33 bits per heavy atom. The topological polar surface area (TPSA) is 72.2 Å². The molecule has 82 valence electrons. The molecule has 0 aliphatic heterocycles. The summed E-state index contributed by atoms with van der Waals surface area (Å²) in [7, 11) is -3.35. The van der Waals surface area contributed by atoms with E-state index in [0.29, 0.717) is 12.8 Å². The molecule has 15 heavy (non-hydrogen) atoms. The van der Waals surface area contributed by atoms with Crippen molar-refractivity contribution in [2.24, 2.45) is 0 Å². The van der Waals surface area contributed by atoms with Gasteiger partial charge in [-0.15, -0.1) is 0 Å². The molecule has 1 aromatic rings. The van der Waals surface area contributed by atoms with E-state index in [4.69, 9.17) is 5.73 Å². The molecule has 1 aliphatic rings. The lowest BCUT2D eigenvalue weighted by atomic mass is 10.3. The first-order chi connectivity index (χ1) is 6.97. The number of halogens is 1. The maximum Gasteiger partial charge on any atom is 0.235 e. The van der Waals surface area contributed by atoms with Gasteiger partial charge in [-0.05, 0) is 31.0 Å². The number of benzene rings is 1. The molecule has 0 heterocycles. The molecule has 0 atom stereocenters. The van der Waals surface area contributed by atoms with Crippen LogP contribution in [0.2, 0.25) is 0 Å². The Hall–Kier alpha value is -1.30. The van der Waals surface area contributed by atoms with Gasteiger partial charge in [0, 0.05) is 5.69 Å². The van der Waals surface area contributed by atoms with Gasteiger partial charge in [0.15, 0.2) is 0 Å². The first-order valence-electron chi connectivity index (χ1n) is 4.55. The van der Waals surface area contributed by atoms with Crippen LogP contribution < -0.4 is 10.5 Å². The highest BCUT2D eigenvalue weighted by Crippen LogP contribution is 2.30. The van der Waals surface area contributed by atoms with Crippen molar-refractivity contribution in [3.63, 3.8) is 0 Å². The quantitative estimate of drug-likeness (QED) is 0.769. The summed E-state index contributed by atoms with van der Waals surface area (Å²) in [6.07, 6.45) is 1.33. The summed E-state index contributed by atoms with van der Waals surface area (Å²) in [6.45, 7) is 0. The van der Waals surface area contributed by atoms with E-state index in [2.05, 4.69) is 4.72 Å². The van der Waals surface area contributed by atoms with Crippen LogP contribution in [-0.2, 0) is 10.0 Å². The first-order valence-corrected chi connectivity index (χ1v) is 6.10. The normalized spacial score (nSPS) is 16.3. The average Bonchev–Trinajstić information content (AvgIpc) is 2.80. The number of nitrogen functional groups attached to an aromatic ring is 1. The highest BCUT2D eigenvalue weighted by molar-refractivity contribution is 7.93. The Labute approximate surface area is 87.3 Å². The molecule has 6 heteroatoms. The van der Waals surface area contributed by atoms with Gasteiger partial charge in [0.1, 0.15) is 5.82 Å². The summed E-state index contributed by atoms with van der Waals surface area (Å²) in [4.78, 5) is 0. The fourth-order valence-corrected chi connectivity index (χ4v) is 2.67. The molecule has 2 rings (SSSR count). The second kappa shape index (κ2) is 3.37. The molecule has 0 spiro atoms. The summed E-state index contributed by atoms with van der Waals surface area (Å²) in [5.74, 6) is -0.552. The van der Waals surface area contributed by atoms with Gasteiger partial charge in [-0.2, -0.15) is 0 Å². The van der Waals surface area contributed by atoms with E-state index in [9.17, 15) is 12.8 Å². The Morgan fingerprint density at radius 3 is 2.53 bits per heavy atom. The van der Waals surface area contributed by atoms with Gasteiger partial charge < -0.3 is 5.73 Å². The smallest absolute Gasteiger partial charge is 0.235 e. The van der Waals surface area contributed by atoms with Crippen molar-refractivity contribution in [1.82, 2.24) is 0 Å². The summed E-state index contributed by atoms with van der Waals surface area (Å²) in [5, 5.41) is -0.331. The first kappa shape index (κ1) is 10.2. The monoisotopic (exact) mass is 230 g/mol. The maximum absolute atomic E-state index is 12.9. The summed E-state index contributed by atoms with van der Waals surface area (Å²) in [5.41, 5.74) is 5.77. The molecule has 3 N–H and O–H groups in total. The minimum Gasteiger partial charge on any atom is -0.399 e. The Kier molecular flexibility index (Phi) is 2.30. The van der Waals surface area contributed by atoms with Crippen LogP contribution in [0.3, 0.4) is 0 Å². The van der Waals surface area contributed by atoms with Crippen molar-refractivity contribution in [3.8, 4) is 0 Å². The van der Waals surface area contributed by atoms with Gasteiger partial charge in [-0.1, -0.05) is 0 Å². The Balaban J connectivity index is 2.23. The molecule has 0 saturated heterocycles. The third kappa shape index (κ3) is 2.38. The fraction of sp³-hybridized carbons (Fsp3) is 0.333. The van der Waals surface area contributed by atoms with Crippen molar-refractivity contribution in [2.45, 2.75) is 18.1 Å². The van der Waals surface area contributed by atoms with Crippen LogP contribution in [0.4, 0.5) is 15.8 Å². The van der Waals surface area contributed by atoms with Crippen LogP contribution in [0.1, 0.15) is 12.8 Å². The number of nitrogens with two attached hydrogens (primary N) is 1. The van der Waals surface area contributed by atoms with Crippen molar-refractivity contribution in [1.29, 1.82) is 0 Å². The number of hydrogen-bond donors (Lipinski definition) is 2. The van der Waals surface area contributed by atoms with Crippen molar-refractivity contribution in [2.75, 3.05) is 10.5 Å². The van der Waals surface area contributed by atoms with Gasteiger partial charge in [-0.25, -0.2) is 12.8 Å². The van der Waals surface area contributed by atoms with Crippen molar-refractivity contribution < 1.29 is 12.8 Å². The van der Waals surface area contributed by atoms with E-state index < -0.39 is 15.8 Å². The average molecular weight is 230 g/mol. The van der Waals surface area contributed by atoms with Crippen molar-refractivity contribution >= 4 is 21.4 Å². The van der Waals surface area contributed by atoms with Crippen LogP contribution in [0.15, 0.2) is 18.2 Å². The minimum atomic E-state index is -3.35.